The van der Waals surface area contributed by atoms with Crippen LogP contribution in [0.25, 0.3) is 0 Å². The summed E-state index contributed by atoms with van der Waals surface area (Å²) in [5.74, 6) is 0. The van der Waals surface area contributed by atoms with E-state index in [-0.39, 0.29) is 43.0 Å². The Morgan fingerprint density at radius 3 is 0.600 bits per heavy atom. The van der Waals surface area contributed by atoms with E-state index >= 15 is 0 Å². The second-order valence-corrected chi connectivity index (χ2v) is 0. The van der Waals surface area contributed by atoms with Gasteiger partial charge in [0.1, 0.15) is 0 Å². The Hall–Kier alpha value is 0.528. The minimum Gasteiger partial charge on any atom is -2.00 e. The van der Waals surface area contributed by atoms with Crippen LogP contribution < -0.4 is 0 Å². The van der Waals surface area contributed by atoms with E-state index in [1.54, 1.807) is 0 Å². The van der Waals surface area contributed by atoms with Gasteiger partial charge in [0.2, 0.25) is 0 Å². The first-order valence-corrected chi connectivity index (χ1v) is 0. The quantitative estimate of drug-likeness (QED) is 0.570. The fourth-order valence-corrected chi connectivity index (χ4v) is 0. The van der Waals surface area contributed by atoms with Gasteiger partial charge in [0.25, 0.3) is 0 Å². The molecule has 4 nitrogen and oxygen atoms in total. The van der Waals surface area contributed by atoms with Crippen molar-refractivity contribution in [1.82, 2.24) is 0 Å². The van der Waals surface area contributed by atoms with Crippen LogP contribution in [0.3, 0.4) is 0 Å². The van der Waals surface area contributed by atoms with Gasteiger partial charge >= 0.3 is 21.1 Å². The molecule has 0 unspecified atom stereocenters. The van der Waals surface area contributed by atoms with Gasteiger partial charge in [-0.25, -0.2) is 0 Å². The Kier molecular flexibility index (Phi) is 16400. The van der Waals surface area contributed by atoms with Crippen molar-refractivity contribution in [2.24, 2.45) is 0 Å². The molecular weight excluding hydrogens is 248 g/mol. The van der Waals surface area contributed by atoms with Gasteiger partial charge in [-0.2, -0.15) is 0 Å². The molecule has 0 aliphatic carbocycles. The van der Waals surface area contributed by atoms with Crippen molar-refractivity contribution in [2.45, 2.75) is 0 Å². The van der Waals surface area contributed by atoms with E-state index < -0.39 is 0 Å². The van der Waals surface area contributed by atoms with Gasteiger partial charge in [-0.3, -0.25) is 0 Å². The summed E-state index contributed by atoms with van der Waals surface area (Å²) in [6.07, 6.45) is 0. The third-order valence-electron chi connectivity index (χ3n) is 0. The number of rotatable bonds is 0. The first-order valence-electron chi connectivity index (χ1n) is 0. The normalized spacial score (nSPS) is 0. The van der Waals surface area contributed by atoms with Crippen LogP contribution in [-0.4, -0.2) is 11.0 Å². The van der Waals surface area contributed by atoms with Crippen LogP contribution >= 0.6 is 0 Å². The van der Waals surface area contributed by atoms with Gasteiger partial charge in [-0.1, -0.05) is 0 Å². The van der Waals surface area contributed by atoms with Crippen molar-refractivity contribution < 1.29 is 43.0 Å². The molecule has 0 amide bonds. The monoisotopic (exact) mass is 250 g/mol. The van der Waals surface area contributed by atoms with Gasteiger partial charge in [-0.05, 0) is 0 Å². The molecule has 0 rings (SSSR count). The summed E-state index contributed by atoms with van der Waals surface area (Å²) < 4.78 is 0. The molecule has 5 heteroatoms. The fourth-order valence-electron chi connectivity index (χ4n) is 0. The molecule has 0 saturated carbocycles. The van der Waals surface area contributed by atoms with Crippen molar-refractivity contribution in [3.05, 3.63) is 0 Å². The SMILES string of the molecule is [O-2].[O-2].[OH-].[OH-].[W+6]. The fraction of sp³-hybridized carbons (Fsp3) is 0. The van der Waals surface area contributed by atoms with Crippen LogP contribution in [0, 0.1) is 0 Å². The Balaban J connectivity index is 0. The van der Waals surface area contributed by atoms with Crippen molar-refractivity contribution in [3.63, 3.8) is 0 Å². The molecule has 5 heavy (non-hydrogen) atoms. The van der Waals surface area contributed by atoms with E-state index in [2.05, 4.69) is 0 Å². The zero-order chi connectivity index (χ0) is 0. The third-order valence-corrected chi connectivity index (χ3v) is 0. The molecule has 0 saturated heterocycles. The molecule has 0 aliphatic rings. The summed E-state index contributed by atoms with van der Waals surface area (Å²) in [5, 5.41) is 0. The van der Waals surface area contributed by atoms with Crippen LogP contribution in [-0.2, 0) is 32.0 Å². The molecule has 0 radical (unpaired) electrons. The van der Waals surface area contributed by atoms with Gasteiger partial charge in [0.05, 0.1) is 0 Å². The standard InChI is InChI=1S/2H2O.2O.W/h2*1H2;;;/q;;2*-2;+6/p-2. The number of hydrogen-bond donors (Lipinski definition) is 0. The second kappa shape index (κ2) is 202. The summed E-state index contributed by atoms with van der Waals surface area (Å²) in [6.45, 7) is 0. The average molecular weight is 250 g/mol. The van der Waals surface area contributed by atoms with Crippen LogP contribution in [0.15, 0.2) is 0 Å². The van der Waals surface area contributed by atoms with E-state index in [0.717, 1.165) is 0 Å². The summed E-state index contributed by atoms with van der Waals surface area (Å²) in [6, 6.07) is 0. The number of hydrogen-bond acceptors (Lipinski definition) is 2. The van der Waals surface area contributed by atoms with Gasteiger partial charge in [-0.15, -0.1) is 0 Å². The Labute approximate surface area is 43.7 Å². The average Bonchev–Trinajstić information content (AvgIpc) is 0. The van der Waals surface area contributed by atoms with Gasteiger partial charge in [0, 0.05) is 0 Å². The van der Waals surface area contributed by atoms with E-state index in [0.29, 0.717) is 0 Å². The molecule has 0 aromatic rings. The predicted octanol–water partition coefficient (Wildman–Crippen LogP) is -0.594. The molecule has 0 heterocycles. The summed E-state index contributed by atoms with van der Waals surface area (Å²) >= 11 is 0. The smallest absolute Gasteiger partial charge is 2.00 e. The molecule has 0 bridgehead atoms. The van der Waals surface area contributed by atoms with E-state index in [1.165, 1.54) is 0 Å². The van der Waals surface area contributed by atoms with Crippen LogP contribution in [0.1, 0.15) is 0 Å². The molecule has 32 valence electrons. The molecule has 0 fully saturated rings. The minimum absolute atomic E-state index is 0. The molecule has 0 aliphatic heterocycles. The molecular formula is H2O4W. The summed E-state index contributed by atoms with van der Waals surface area (Å²) in [7, 11) is 0. The minimum atomic E-state index is 0. The molecule has 0 aromatic carbocycles. The first kappa shape index (κ1) is 406. The molecule has 0 aromatic heterocycles. The summed E-state index contributed by atoms with van der Waals surface area (Å²) in [5.41, 5.74) is 0. The van der Waals surface area contributed by atoms with E-state index in [1.807, 2.05) is 0 Å². The second-order valence-electron chi connectivity index (χ2n) is 0. The zero-order valence-electron chi connectivity index (χ0n) is 2.12. The Morgan fingerprint density at radius 2 is 0.600 bits per heavy atom. The maximum Gasteiger partial charge on any atom is 6.00 e. The van der Waals surface area contributed by atoms with Crippen molar-refractivity contribution in [2.75, 3.05) is 0 Å². The van der Waals surface area contributed by atoms with E-state index in [4.69, 9.17) is 0 Å². The maximum atomic E-state index is 0. The van der Waals surface area contributed by atoms with E-state index in [9.17, 15) is 0 Å². The summed E-state index contributed by atoms with van der Waals surface area (Å²) in [4.78, 5) is 0. The topological polar surface area (TPSA) is 117 Å². The first-order chi connectivity index (χ1) is 0. The molecule has 0 spiro atoms. The predicted molar refractivity (Wildman–Crippen MR) is 5.24 cm³/mol. The Bertz CT molecular complexity index is 3.61. The van der Waals surface area contributed by atoms with Gasteiger partial charge < -0.3 is 21.9 Å². The Morgan fingerprint density at radius 1 is 0.600 bits per heavy atom. The third kappa shape index (κ3) is 104. The van der Waals surface area contributed by atoms with Crippen LogP contribution in [0.2, 0.25) is 0 Å². The van der Waals surface area contributed by atoms with Gasteiger partial charge in [0.15, 0.2) is 0 Å². The largest absolute Gasteiger partial charge is 6.00 e. The van der Waals surface area contributed by atoms with Crippen molar-refractivity contribution in [1.29, 1.82) is 0 Å². The van der Waals surface area contributed by atoms with Crippen molar-refractivity contribution >= 4 is 0 Å². The zero-order valence-corrected chi connectivity index (χ0v) is 5.05. The van der Waals surface area contributed by atoms with Crippen LogP contribution in [0.4, 0.5) is 0 Å². The molecule has 2 N–H and O–H groups in total. The maximum absolute atomic E-state index is 0. The van der Waals surface area contributed by atoms with Crippen LogP contribution in [0.5, 0.6) is 0 Å². The van der Waals surface area contributed by atoms with Crippen molar-refractivity contribution in [3.8, 4) is 0 Å². The molecule has 0 atom stereocenters.